The van der Waals surface area contributed by atoms with Gasteiger partial charge in [0.2, 0.25) is 0 Å². The third-order valence-corrected chi connectivity index (χ3v) is 3.69. The Morgan fingerprint density at radius 2 is 2.00 bits per heavy atom. The highest BCUT2D eigenvalue weighted by molar-refractivity contribution is 7.15. The number of hydrogen-bond donors (Lipinski definition) is 1. The van der Waals surface area contributed by atoms with Gasteiger partial charge in [0.1, 0.15) is 17.9 Å². The summed E-state index contributed by atoms with van der Waals surface area (Å²) in [5.74, 6) is 0. The second-order valence-electron chi connectivity index (χ2n) is 5.82. The van der Waals surface area contributed by atoms with Gasteiger partial charge < -0.3 is 10.1 Å². The monoisotopic (exact) mass is 318 g/mol. The van der Waals surface area contributed by atoms with Crippen molar-refractivity contribution in [3.8, 4) is 10.6 Å². The van der Waals surface area contributed by atoms with Gasteiger partial charge in [0.05, 0.1) is 4.88 Å². The van der Waals surface area contributed by atoms with E-state index in [-0.39, 0.29) is 12.1 Å². The van der Waals surface area contributed by atoms with E-state index in [9.17, 15) is 9.59 Å². The number of aromatic nitrogens is 1. The lowest BCUT2D eigenvalue weighted by Crippen LogP contribution is -2.40. The van der Waals surface area contributed by atoms with Crippen molar-refractivity contribution in [3.05, 3.63) is 40.9 Å². The molecule has 116 valence electrons. The number of benzene rings is 1. The lowest BCUT2D eigenvalue weighted by atomic mass is 10.1. The Morgan fingerprint density at radius 1 is 1.32 bits per heavy atom. The number of nitrogens with one attached hydrogen (secondary N) is 1. The molecular weight excluding hydrogens is 300 g/mol. The Hall–Kier alpha value is -2.21. The molecule has 0 radical (unpaired) electrons. The molecule has 1 heterocycles. The van der Waals surface area contributed by atoms with Crippen molar-refractivity contribution < 1.29 is 14.3 Å². The van der Waals surface area contributed by atoms with Crippen molar-refractivity contribution in [2.24, 2.45) is 0 Å². The third kappa shape index (κ3) is 4.66. The first-order chi connectivity index (χ1) is 10.4. The summed E-state index contributed by atoms with van der Waals surface area (Å²) in [6.07, 6.45) is 2.05. The Bertz CT molecular complexity index is 657. The molecule has 0 unspecified atom stereocenters. The molecule has 1 aromatic heterocycles. The number of hydrogen-bond acceptors (Lipinski definition) is 5. The number of ether oxygens (including phenoxy) is 1. The highest BCUT2D eigenvalue weighted by Gasteiger charge is 2.15. The summed E-state index contributed by atoms with van der Waals surface area (Å²) in [7, 11) is 0. The molecule has 0 atom stereocenters. The van der Waals surface area contributed by atoms with E-state index in [1.165, 1.54) is 11.3 Å². The molecule has 22 heavy (non-hydrogen) atoms. The molecule has 0 bridgehead atoms. The van der Waals surface area contributed by atoms with Crippen LogP contribution in [0.3, 0.4) is 0 Å². The standard InChI is InChI=1S/C16H18N2O3S/c1-16(2,3)18-15(20)21-10-13-8-17-14(22-13)12-6-4-11(9-19)5-7-12/h4-9H,10H2,1-3H3,(H,18,20). The van der Waals surface area contributed by atoms with Crippen LogP contribution in [0.5, 0.6) is 0 Å². The molecule has 0 spiro atoms. The summed E-state index contributed by atoms with van der Waals surface area (Å²) < 4.78 is 5.16. The van der Waals surface area contributed by atoms with Crippen LogP contribution in [0.25, 0.3) is 10.6 Å². The van der Waals surface area contributed by atoms with Gasteiger partial charge >= 0.3 is 6.09 Å². The predicted octanol–water partition coefficient (Wildman–Crippen LogP) is 3.65. The minimum absolute atomic E-state index is 0.187. The van der Waals surface area contributed by atoms with Crippen LogP contribution < -0.4 is 5.32 Å². The highest BCUT2D eigenvalue weighted by atomic mass is 32.1. The summed E-state index contributed by atoms with van der Waals surface area (Å²) in [4.78, 5) is 27.4. The zero-order valence-electron chi connectivity index (χ0n) is 12.8. The normalized spacial score (nSPS) is 11.0. The number of rotatable bonds is 4. The predicted molar refractivity (Wildman–Crippen MR) is 86.0 cm³/mol. The van der Waals surface area contributed by atoms with Crippen LogP contribution in [0.2, 0.25) is 0 Å². The lowest BCUT2D eigenvalue weighted by Gasteiger charge is -2.19. The third-order valence-electron chi connectivity index (χ3n) is 2.67. The molecule has 1 aromatic carbocycles. The Kier molecular flexibility index (Phi) is 4.92. The summed E-state index contributed by atoms with van der Waals surface area (Å²) >= 11 is 1.45. The number of carbonyl (C=O) groups is 2. The fourth-order valence-electron chi connectivity index (χ4n) is 1.69. The summed E-state index contributed by atoms with van der Waals surface area (Å²) in [6.45, 7) is 5.86. The van der Waals surface area contributed by atoms with Crippen molar-refractivity contribution in [2.45, 2.75) is 32.9 Å². The zero-order chi connectivity index (χ0) is 16.2. The molecule has 0 aliphatic rings. The number of carbonyl (C=O) groups excluding carboxylic acids is 2. The van der Waals surface area contributed by atoms with Gasteiger partial charge in [-0.1, -0.05) is 24.3 Å². The zero-order valence-corrected chi connectivity index (χ0v) is 13.6. The van der Waals surface area contributed by atoms with E-state index in [1.54, 1.807) is 18.3 Å². The molecule has 6 heteroatoms. The topological polar surface area (TPSA) is 68.3 Å². The van der Waals surface area contributed by atoms with E-state index in [0.29, 0.717) is 5.56 Å². The first kappa shape index (κ1) is 16.2. The summed E-state index contributed by atoms with van der Waals surface area (Å²) in [5, 5.41) is 3.56. The number of aldehydes is 1. The fraction of sp³-hybridized carbons (Fsp3) is 0.312. The number of thiazole rings is 1. The molecule has 5 nitrogen and oxygen atoms in total. The minimum Gasteiger partial charge on any atom is -0.444 e. The Labute approximate surface area is 133 Å². The Morgan fingerprint density at radius 3 is 2.59 bits per heavy atom. The quantitative estimate of drug-likeness (QED) is 0.874. The molecule has 2 rings (SSSR count). The van der Waals surface area contributed by atoms with Crippen molar-refractivity contribution in [3.63, 3.8) is 0 Å². The van der Waals surface area contributed by atoms with E-state index in [0.717, 1.165) is 21.7 Å². The van der Waals surface area contributed by atoms with Gasteiger partial charge in [0.25, 0.3) is 0 Å². The van der Waals surface area contributed by atoms with Gasteiger partial charge in [0, 0.05) is 22.9 Å². The first-order valence-corrected chi connectivity index (χ1v) is 7.64. The van der Waals surface area contributed by atoms with E-state index in [2.05, 4.69) is 10.3 Å². The van der Waals surface area contributed by atoms with E-state index >= 15 is 0 Å². The molecule has 0 aliphatic heterocycles. The lowest BCUT2D eigenvalue weighted by molar-refractivity contribution is 0.112. The van der Waals surface area contributed by atoms with Gasteiger partial charge in [-0.2, -0.15) is 0 Å². The average Bonchev–Trinajstić information content (AvgIpc) is 2.92. The summed E-state index contributed by atoms with van der Waals surface area (Å²) in [5.41, 5.74) is 1.24. The van der Waals surface area contributed by atoms with Crippen LogP contribution >= 0.6 is 11.3 Å². The van der Waals surface area contributed by atoms with Crippen molar-refractivity contribution >= 4 is 23.7 Å². The van der Waals surface area contributed by atoms with Crippen LogP contribution in [0, 0.1) is 0 Å². The van der Waals surface area contributed by atoms with Crippen molar-refractivity contribution in [1.29, 1.82) is 0 Å². The maximum absolute atomic E-state index is 11.6. The van der Waals surface area contributed by atoms with Gasteiger partial charge in [-0.05, 0) is 20.8 Å². The molecule has 0 saturated carbocycles. The maximum Gasteiger partial charge on any atom is 0.407 e. The van der Waals surface area contributed by atoms with Crippen LogP contribution in [0.15, 0.2) is 30.5 Å². The number of amides is 1. The number of alkyl carbamates (subject to hydrolysis) is 1. The van der Waals surface area contributed by atoms with Crippen molar-refractivity contribution in [2.75, 3.05) is 0 Å². The molecule has 2 aromatic rings. The van der Waals surface area contributed by atoms with Gasteiger partial charge in [-0.3, -0.25) is 4.79 Å². The largest absolute Gasteiger partial charge is 0.444 e. The molecule has 0 saturated heterocycles. The molecule has 0 aliphatic carbocycles. The van der Waals surface area contributed by atoms with Gasteiger partial charge in [-0.25, -0.2) is 9.78 Å². The van der Waals surface area contributed by atoms with Crippen molar-refractivity contribution in [1.82, 2.24) is 10.3 Å². The van der Waals surface area contributed by atoms with Crippen LogP contribution in [-0.2, 0) is 11.3 Å². The second-order valence-corrected chi connectivity index (χ2v) is 6.94. The fourth-order valence-corrected chi connectivity index (χ4v) is 2.52. The summed E-state index contributed by atoms with van der Waals surface area (Å²) in [6, 6.07) is 7.19. The van der Waals surface area contributed by atoms with Gasteiger partial charge in [-0.15, -0.1) is 11.3 Å². The number of nitrogens with zero attached hydrogens (tertiary/aromatic N) is 1. The first-order valence-electron chi connectivity index (χ1n) is 6.82. The highest BCUT2D eigenvalue weighted by Crippen LogP contribution is 2.25. The smallest absolute Gasteiger partial charge is 0.407 e. The van der Waals surface area contributed by atoms with Crippen LogP contribution in [0.4, 0.5) is 4.79 Å². The Balaban J connectivity index is 1.96. The molecule has 0 fully saturated rings. The minimum atomic E-state index is -0.446. The maximum atomic E-state index is 11.6. The second kappa shape index (κ2) is 6.70. The molecular formula is C16H18N2O3S. The van der Waals surface area contributed by atoms with Crippen LogP contribution in [0.1, 0.15) is 36.0 Å². The molecule has 1 amide bonds. The average molecular weight is 318 g/mol. The van der Waals surface area contributed by atoms with E-state index < -0.39 is 6.09 Å². The van der Waals surface area contributed by atoms with Crippen LogP contribution in [-0.4, -0.2) is 22.9 Å². The SMILES string of the molecule is CC(C)(C)NC(=O)OCc1cnc(-c2ccc(C=O)cc2)s1. The van der Waals surface area contributed by atoms with E-state index in [4.69, 9.17) is 4.74 Å². The molecule has 1 N–H and O–H groups in total. The van der Waals surface area contributed by atoms with Gasteiger partial charge in [0.15, 0.2) is 0 Å². The van der Waals surface area contributed by atoms with E-state index in [1.807, 2.05) is 32.9 Å².